The fourth-order valence-electron chi connectivity index (χ4n) is 1.41. The number of hydrogen-bond acceptors (Lipinski definition) is 3. The van der Waals surface area contributed by atoms with Crippen LogP contribution in [0.1, 0.15) is 10.5 Å². The van der Waals surface area contributed by atoms with Gasteiger partial charge in [-0.2, -0.15) is 5.10 Å². The molecule has 0 aliphatic carbocycles. The number of carbonyl (C=O) groups excluding carboxylic acids is 1. The number of aromatic amines is 1. The van der Waals surface area contributed by atoms with Crippen LogP contribution in [-0.2, 0) is 0 Å². The molecular weight excluding hydrogens is 228 g/mol. The number of hydrogen-bond donors (Lipinski definition) is 3. The lowest BCUT2D eigenvalue weighted by molar-refractivity contribution is 0.0951. The van der Waals surface area contributed by atoms with E-state index in [1.807, 2.05) is 24.3 Å². The molecule has 1 aromatic carbocycles. The van der Waals surface area contributed by atoms with Gasteiger partial charge in [0.05, 0.1) is 5.52 Å². The largest absolute Gasteiger partial charge is 0.349 e. The molecule has 0 fully saturated rings. The molecule has 1 amide bonds. The molecule has 0 bridgehead atoms. The number of benzene rings is 1. The van der Waals surface area contributed by atoms with Gasteiger partial charge in [-0.25, -0.2) is 0 Å². The average molecular weight is 241 g/mol. The first kappa shape index (κ1) is 12.5. The van der Waals surface area contributed by atoms with Gasteiger partial charge >= 0.3 is 0 Å². The van der Waals surface area contributed by atoms with E-state index in [1.54, 1.807) is 0 Å². The van der Waals surface area contributed by atoms with Crippen LogP contribution in [0.5, 0.6) is 0 Å². The smallest absolute Gasteiger partial charge is 0.272 e. The topological polar surface area (TPSA) is 83.8 Å². The van der Waals surface area contributed by atoms with Gasteiger partial charge in [0.25, 0.3) is 5.91 Å². The van der Waals surface area contributed by atoms with E-state index in [9.17, 15) is 4.79 Å². The summed E-state index contributed by atoms with van der Waals surface area (Å²) in [6.45, 7) is 0.883. The minimum atomic E-state index is -0.196. The summed E-state index contributed by atoms with van der Waals surface area (Å²) < 4.78 is 0. The van der Waals surface area contributed by atoms with E-state index < -0.39 is 0 Å². The lowest BCUT2D eigenvalue weighted by Crippen LogP contribution is -2.29. The van der Waals surface area contributed by atoms with Gasteiger partial charge in [-0.1, -0.05) is 18.2 Å². The summed E-state index contributed by atoms with van der Waals surface area (Å²) in [4.78, 5) is 11.6. The Morgan fingerprint density at radius 2 is 2.19 bits per heavy atom. The Morgan fingerprint density at radius 1 is 1.44 bits per heavy atom. The maximum atomic E-state index is 11.6. The van der Waals surface area contributed by atoms with E-state index in [0.29, 0.717) is 18.8 Å². The normalized spacial score (nSPS) is 9.81. The van der Waals surface area contributed by atoms with Crippen molar-refractivity contribution in [1.29, 1.82) is 0 Å². The van der Waals surface area contributed by atoms with Gasteiger partial charge in [0.1, 0.15) is 0 Å². The van der Waals surface area contributed by atoms with Crippen LogP contribution in [0, 0.1) is 0 Å². The second kappa shape index (κ2) is 5.48. The molecule has 1 heterocycles. The molecule has 5 nitrogen and oxygen atoms in total. The molecule has 0 saturated carbocycles. The number of para-hydroxylation sites is 1. The van der Waals surface area contributed by atoms with Gasteiger partial charge in [0.15, 0.2) is 5.69 Å². The van der Waals surface area contributed by atoms with Crippen LogP contribution in [0.4, 0.5) is 0 Å². The zero-order valence-corrected chi connectivity index (χ0v) is 9.38. The molecule has 0 unspecified atom stereocenters. The van der Waals surface area contributed by atoms with Crippen LogP contribution in [0.25, 0.3) is 10.9 Å². The third kappa shape index (κ3) is 2.32. The third-order valence-electron chi connectivity index (χ3n) is 2.12. The number of fused-ring (bicyclic) bond motifs is 1. The molecule has 0 aliphatic heterocycles. The molecule has 16 heavy (non-hydrogen) atoms. The molecule has 1 aromatic heterocycles. The molecule has 2 aromatic rings. The van der Waals surface area contributed by atoms with Crippen molar-refractivity contribution in [1.82, 2.24) is 15.5 Å². The molecule has 0 atom stereocenters. The monoisotopic (exact) mass is 240 g/mol. The van der Waals surface area contributed by atoms with Crippen LogP contribution < -0.4 is 11.1 Å². The number of rotatable bonds is 3. The minimum Gasteiger partial charge on any atom is -0.349 e. The molecule has 0 saturated heterocycles. The number of H-pyrrole nitrogens is 1. The number of nitrogens with two attached hydrogens (primary N) is 1. The van der Waals surface area contributed by atoms with Crippen LogP contribution in [0.15, 0.2) is 24.3 Å². The summed E-state index contributed by atoms with van der Waals surface area (Å²) in [7, 11) is 0. The van der Waals surface area contributed by atoms with Gasteiger partial charge in [-0.15, -0.1) is 12.4 Å². The molecule has 4 N–H and O–H groups in total. The van der Waals surface area contributed by atoms with Crippen LogP contribution in [-0.4, -0.2) is 29.2 Å². The number of halogens is 1. The Labute approximate surface area is 98.8 Å². The van der Waals surface area contributed by atoms with E-state index >= 15 is 0 Å². The Hall–Kier alpha value is -1.59. The predicted molar refractivity (Wildman–Crippen MR) is 64.7 cm³/mol. The van der Waals surface area contributed by atoms with E-state index in [1.165, 1.54) is 0 Å². The zero-order valence-electron chi connectivity index (χ0n) is 8.56. The first-order valence-corrected chi connectivity index (χ1v) is 4.74. The number of aromatic nitrogens is 2. The molecular formula is C10H13ClN4O. The number of carbonyl (C=O) groups is 1. The molecule has 0 aliphatic rings. The summed E-state index contributed by atoms with van der Waals surface area (Å²) in [5, 5.41) is 10.3. The summed E-state index contributed by atoms with van der Waals surface area (Å²) in [5.74, 6) is -0.196. The quantitative estimate of drug-likeness (QED) is 0.738. The van der Waals surface area contributed by atoms with E-state index in [4.69, 9.17) is 5.73 Å². The van der Waals surface area contributed by atoms with Crippen LogP contribution in [0.3, 0.4) is 0 Å². The average Bonchev–Trinajstić information content (AvgIpc) is 2.69. The van der Waals surface area contributed by atoms with Crippen molar-refractivity contribution < 1.29 is 4.79 Å². The first-order chi connectivity index (χ1) is 7.33. The van der Waals surface area contributed by atoms with Gasteiger partial charge in [0, 0.05) is 18.5 Å². The third-order valence-corrected chi connectivity index (χ3v) is 2.12. The van der Waals surface area contributed by atoms with Crippen molar-refractivity contribution in [3.8, 4) is 0 Å². The molecule has 6 heteroatoms. The first-order valence-electron chi connectivity index (χ1n) is 4.74. The van der Waals surface area contributed by atoms with E-state index in [-0.39, 0.29) is 18.3 Å². The number of amides is 1. The number of nitrogens with one attached hydrogen (secondary N) is 2. The van der Waals surface area contributed by atoms with Crippen molar-refractivity contribution in [2.45, 2.75) is 0 Å². The number of nitrogens with zero attached hydrogens (tertiary/aromatic N) is 1. The Balaban J connectivity index is 0.00000128. The summed E-state index contributed by atoms with van der Waals surface area (Å²) in [6, 6.07) is 7.50. The Kier molecular flexibility index (Phi) is 4.28. The Morgan fingerprint density at radius 3 is 2.94 bits per heavy atom. The van der Waals surface area contributed by atoms with Crippen LogP contribution in [0.2, 0.25) is 0 Å². The van der Waals surface area contributed by atoms with Crippen molar-refractivity contribution >= 4 is 29.2 Å². The second-order valence-electron chi connectivity index (χ2n) is 3.16. The lowest BCUT2D eigenvalue weighted by atomic mass is 10.2. The highest BCUT2D eigenvalue weighted by Gasteiger charge is 2.12. The fourth-order valence-corrected chi connectivity index (χ4v) is 1.41. The molecule has 2 rings (SSSR count). The SMILES string of the molecule is Cl.NCCNC(=O)c1n[nH]c2ccccc12. The minimum absolute atomic E-state index is 0. The van der Waals surface area contributed by atoms with Crippen molar-refractivity contribution in [2.75, 3.05) is 13.1 Å². The standard InChI is InChI=1S/C10H12N4O.ClH/c11-5-6-12-10(15)9-7-3-1-2-4-8(7)13-14-9;/h1-4H,5-6,11H2,(H,12,15)(H,13,14);1H. The fraction of sp³-hybridized carbons (Fsp3) is 0.200. The van der Waals surface area contributed by atoms with Crippen molar-refractivity contribution in [3.05, 3.63) is 30.0 Å². The van der Waals surface area contributed by atoms with Crippen molar-refractivity contribution in [3.63, 3.8) is 0 Å². The highest BCUT2D eigenvalue weighted by Crippen LogP contribution is 2.14. The lowest BCUT2D eigenvalue weighted by Gasteiger charge is -1.99. The van der Waals surface area contributed by atoms with Crippen LogP contribution >= 0.6 is 12.4 Å². The molecule has 86 valence electrons. The highest BCUT2D eigenvalue weighted by atomic mass is 35.5. The van der Waals surface area contributed by atoms with Gasteiger partial charge in [0.2, 0.25) is 0 Å². The maximum Gasteiger partial charge on any atom is 0.272 e. The maximum absolute atomic E-state index is 11.6. The van der Waals surface area contributed by atoms with E-state index in [0.717, 1.165) is 10.9 Å². The summed E-state index contributed by atoms with van der Waals surface area (Å²) in [6.07, 6.45) is 0. The molecule has 0 radical (unpaired) electrons. The predicted octanol–water partition coefficient (Wildman–Crippen LogP) is 0.673. The Bertz CT molecular complexity index is 482. The molecule has 0 spiro atoms. The van der Waals surface area contributed by atoms with Gasteiger partial charge in [-0.05, 0) is 6.07 Å². The second-order valence-corrected chi connectivity index (χ2v) is 3.16. The van der Waals surface area contributed by atoms with Gasteiger partial charge < -0.3 is 11.1 Å². The zero-order chi connectivity index (χ0) is 10.7. The summed E-state index contributed by atoms with van der Waals surface area (Å²) >= 11 is 0. The van der Waals surface area contributed by atoms with Gasteiger partial charge in [-0.3, -0.25) is 9.89 Å². The van der Waals surface area contributed by atoms with Crippen molar-refractivity contribution in [2.24, 2.45) is 5.73 Å². The highest BCUT2D eigenvalue weighted by molar-refractivity contribution is 6.04. The summed E-state index contributed by atoms with van der Waals surface area (Å²) in [5.41, 5.74) is 6.57. The van der Waals surface area contributed by atoms with E-state index in [2.05, 4.69) is 15.5 Å².